The summed E-state index contributed by atoms with van der Waals surface area (Å²) in [5.74, 6) is 1.86. The second-order valence-electron chi connectivity index (χ2n) is 5.38. The summed E-state index contributed by atoms with van der Waals surface area (Å²) >= 11 is 0. The molecule has 1 unspecified atom stereocenters. The molecule has 1 aliphatic carbocycles. The zero-order valence-corrected chi connectivity index (χ0v) is 10.5. The summed E-state index contributed by atoms with van der Waals surface area (Å²) < 4.78 is 5.29. The fourth-order valence-corrected chi connectivity index (χ4v) is 3.32. The standard InChI is InChI=1S/C15H21NO/c1-17-13-7-8-14-12(9-13)10-15(16-14)11-5-3-2-4-6-11/h7-9,11,15-16H,2-6,10H2,1H3. The Hall–Kier alpha value is -1.18. The minimum atomic E-state index is 0.664. The van der Waals surface area contributed by atoms with Crippen molar-refractivity contribution in [3.05, 3.63) is 23.8 Å². The van der Waals surface area contributed by atoms with Gasteiger partial charge in [-0.25, -0.2) is 0 Å². The Kier molecular flexibility index (Phi) is 2.96. The maximum atomic E-state index is 5.29. The van der Waals surface area contributed by atoms with Crippen LogP contribution in [0, 0.1) is 5.92 Å². The molecule has 92 valence electrons. The van der Waals surface area contributed by atoms with E-state index in [9.17, 15) is 0 Å². The Bertz CT molecular complexity index is 396. The van der Waals surface area contributed by atoms with E-state index in [2.05, 4.69) is 23.5 Å². The van der Waals surface area contributed by atoms with Gasteiger partial charge in [0.05, 0.1) is 7.11 Å². The van der Waals surface area contributed by atoms with E-state index in [0.717, 1.165) is 11.7 Å². The van der Waals surface area contributed by atoms with E-state index in [1.54, 1.807) is 7.11 Å². The molecule has 1 atom stereocenters. The molecule has 2 heteroatoms. The smallest absolute Gasteiger partial charge is 0.119 e. The first-order valence-electron chi connectivity index (χ1n) is 6.80. The van der Waals surface area contributed by atoms with Crippen LogP contribution in [0.2, 0.25) is 0 Å². The average Bonchev–Trinajstić information content (AvgIpc) is 2.82. The maximum absolute atomic E-state index is 5.29. The van der Waals surface area contributed by atoms with E-state index < -0.39 is 0 Å². The highest BCUT2D eigenvalue weighted by Gasteiger charge is 2.29. The highest BCUT2D eigenvalue weighted by Crippen LogP contribution is 2.36. The highest BCUT2D eigenvalue weighted by molar-refractivity contribution is 5.59. The maximum Gasteiger partial charge on any atom is 0.119 e. The van der Waals surface area contributed by atoms with E-state index >= 15 is 0 Å². The third kappa shape index (κ3) is 2.13. The Morgan fingerprint density at radius 2 is 2.00 bits per heavy atom. The lowest BCUT2D eigenvalue weighted by Crippen LogP contribution is -2.28. The second-order valence-corrected chi connectivity index (χ2v) is 5.38. The lowest BCUT2D eigenvalue weighted by Gasteiger charge is -2.27. The summed E-state index contributed by atoms with van der Waals surface area (Å²) in [6.45, 7) is 0. The first kappa shape index (κ1) is 10.9. The quantitative estimate of drug-likeness (QED) is 0.839. The molecule has 0 amide bonds. The molecule has 1 N–H and O–H groups in total. The monoisotopic (exact) mass is 231 g/mol. The van der Waals surface area contributed by atoms with Gasteiger partial charge in [-0.1, -0.05) is 19.3 Å². The van der Waals surface area contributed by atoms with Crippen LogP contribution >= 0.6 is 0 Å². The fraction of sp³-hybridized carbons (Fsp3) is 0.600. The van der Waals surface area contributed by atoms with Crippen LogP contribution < -0.4 is 10.1 Å². The van der Waals surface area contributed by atoms with Gasteiger partial charge in [-0.15, -0.1) is 0 Å². The molecule has 1 saturated carbocycles. The number of hydrogen-bond acceptors (Lipinski definition) is 2. The summed E-state index contributed by atoms with van der Waals surface area (Å²) in [6.07, 6.45) is 8.26. The molecule has 1 fully saturated rings. The Labute approximate surface area is 103 Å². The predicted molar refractivity (Wildman–Crippen MR) is 70.7 cm³/mol. The zero-order chi connectivity index (χ0) is 11.7. The molecular weight excluding hydrogens is 210 g/mol. The van der Waals surface area contributed by atoms with Crippen molar-refractivity contribution in [3.63, 3.8) is 0 Å². The van der Waals surface area contributed by atoms with Gasteiger partial charge in [0.2, 0.25) is 0 Å². The Balaban J connectivity index is 1.73. The average molecular weight is 231 g/mol. The minimum absolute atomic E-state index is 0.664. The summed E-state index contributed by atoms with van der Waals surface area (Å²) in [6, 6.07) is 7.06. The molecule has 2 nitrogen and oxygen atoms in total. The van der Waals surface area contributed by atoms with Crippen molar-refractivity contribution < 1.29 is 4.74 Å². The fourth-order valence-electron chi connectivity index (χ4n) is 3.32. The molecule has 0 bridgehead atoms. The molecule has 17 heavy (non-hydrogen) atoms. The van der Waals surface area contributed by atoms with Crippen molar-refractivity contribution in [2.24, 2.45) is 5.92 Å². The van der Waals surface area contributed by atoms with Gasteiger partial charge in [0.15, 0.2) is 0 Å². The van der Waals surface area contributed by atoms with Crippen LogP contribution in [0.15, 0.2) is 18.2 Å². The Morgan fingerprint density at radius 1 is 1.18 bits per heavy atom. The number of methoxy groups -OCH3 is 1. The molecule has 0 radical (unpaired) electrons. The molecular formula is C15H21NO. The molecule has 1 heterocycles. The second kappa shape index (κ2) is 4.59. The summed E-state index contributed by atoms with van der Waals surface area (Å²) in [4.78, 5) is 0. The number of fused-ring (bicyclic) bond motifs is 1. The van der Waals surface area contributed by atoms with Gasteiger partial charge in [0.25, 0.3) is 0 Å². The van der Waals surface area contributed by atoms with Gasteiger partial charge in [-0.2, -0.15) is 0 Å². The van der Waals surface area contributed by atoms with Crippen molar-refractivity contribution in [2.75, 3.05) is 12.4 Å². The summed E-state index contributed by atoms with van der Waals surface area (Å²) in [5.41, 5.74) is 2.75. The zero-order valence-electron chi connectivity index (χ0n) is 10.5. The first-order valence-corrected chi connectivity index (χ1v) is 6.80. The van der Waals surface area contributed by atoms with E-state index in [1.807, 2.05) is 0 Å². The molecule has 3 rings (SSSR count). The van der Waals surface area contributed by atoms with Crippen LogP contribution in [0.3, 0.4) is 0 Å². The van der Waals surface area contributed by atoms with Gasteiger partial charge < -0.3 is 10.1 Å². The molecule has 0 spiro atoms. The van der Waals surface area contributed by atoms with Gasteiger partial charge in [-0.05, 0) is 48.9 Å². The third-order valence-electron chi connectivity index (χ3n) is 4.31. The molecule has 1 aliphatic heterocycles. The summed E-state index contributed by atoms with van der Waals surface area (Å²) in [5, 5.41) is 3.70. The van der Waals surface area contributed by atoms with Crippen molar-refractivity contribution in [3.8, 4) is 5.75 Å². The Morgan fingerprint density at radius 3 is 2.76 bits per heavy atom. The number of rotatable bonds is 2. The lowest BCUT2D eigenvalue weighted by molar-refractivity contribution is 0.321. The number of benzene rings is 1. The van der Waals surface area contributed by atoms with Crippen molar-refractivity contribution >= 4 is 5.69 Å². The number of hydrogen-bond donors (Lipinski definition) is 1. The van der Waals surface area contributed by atoms with Gasteiger partial charge in [-0.3, -0.25) is 0 Å². The van der Waals surface area contributed by atoms with E-state index in [-0.39, 0.29) is 0 Å². The van der Waals surface area contributed by atoms with Crippen molar-refractivity contribution in [2.45, 2.75) is 44.6 Å². The number of anilines is 1. The van der Waals surface area contributed by atoms with Crippen LogP contribution in [0.1, 0.15) is 37.7 Å². The molecule has 1 aromatic carbocycles. The molecule has 0 saturated heterocycles. The van der Waals surface area contributed by atoms with Crippen LogP contribution in [0.5, 0.6) is 5.75 Å². The van der Waals surface area contributed by atoms with Gasteiger partial charge in [0, 0.05) is 11.7 Å². The van der Waals surface area contributed by atoms with Gasteiger partial charge in [0.1, 0.15) is 5.75 Å². The van der Waals surface area contributed by atoms with E-state index in [0.29, 0.717) is 6.04 Å². The first-order chi connectivity index (χ1) is 8.36. The van der Waals surface area contributed by atoms with Crippen LogP contribution in [-0.4, -0.2) is 13.2 Å². The minimum Gasteiger partial charge on any atom is -0.497 e. The number of nitrogens with one attached hydrogen (secondary N) is 1. The lowest BCUT2D eigenvalue weighted by atomic mass is 9.83. The topological polar surface area (TPSA) is 21.3 Å². The molecule has 0 aromatic heterocycles. The normalized spacial score (nSPS) is 24.2. The third-order valence-corrected chi connectivity index (χ3v) is 4.31. The van der Waals surface area contributed by atoms with Crippen molar-refractivity contribution in [1.29, 1.82) is 0 Å². The summed E-state index contributed by atoms with van der Waals surface area (Å²) in [7, 11) is 1.74. The van der Waals surface area contributed by atoms with Crippen LogP contribution in [0.4, 0.5) is 5.69 Å². The predicted octanol–water partition coefficient (Wildman–Crippen LogP) is 3.61. The number of ether oxygens (including phenoxy) is 1. The highest BCUT2D eigenvalue weighted by atomic mass is 16.5. The molecule has 2 aliphatic rings. The molecule has 1 aromatic rings. The largest absolute Gasteiger partial charge is 0.497 e. The van der Waals surface area contributed by atoms with Crippen LogP contribution in [-0.2, 0) is 6.42 Å². The van der Waals surface area contributed by atoms with E-state index in [1.165, 1.54) is 49.8 Å². The van der Waals surface area contributed by atoms with Crippen LogP contribution in [0.25, 0.3) is 0 Å². The van der Waals surface area contributed by atoms with E-state index in [4.69, 9.17) is 4.74 Å². The SMILES string of the molecule is COc1ccc2c(c1)CC(C1CCCCC1)N2. The van der Waals surface area contributed by atoms with Crippen molar-refractivity contribution in [1.82, 2.24) is 0 Å². The van der Waals surface area contributed by atoms with Gasteiger partial charge >= 0.3 is 0 Å².